The van der Waals surface area contributed by atoms with Gasteiger partial charge >= 0.3 is 0 Å². The van der Waals surface area contributed by atoms with Crippen molar-refractivity contribution in [3.63, 3.8) is 0 Å². The molecule has 0 bridgehead atoms. The quantitative estimate of drug-likeness (QED) is 0.718. The summed E-state index contributed by atoms with van der Waals surface area (Å²) in [6.07, 6.45) is 4.68. The molecule has 2 nitrogen and oxygen atoms in total. The highest BCUT2D eigenvalue weighted by Crippen LogP contribution is 2.02. The minimum atomic E-state index is 0.183. The molecule has 0 aliphatic carbocycles. The van der Waals surface area contributed by atoms with Crippen molar-refractivity contribution in [3.8, 4) is 0 Å². The normalized spacial score (nSPS) is 12.5. The first-order valence-corrected chi connectivity index (χ1v) is 7.10. The highest BCUT2D eigenvalue weighted by atomic mass is 79.9. The summed E-state index contributed by atoms with van der Waals surface area (Å²) in [7, 11) is 0. The van der Waals surface area contributed by atoms with Crippen molar-refractivity contribution in [1.82, 2.24) is 5.32 Å². The van der Waals surface area contributed by atoms with E-state index in [0.29, 0.717) is 12.5 Å². The van der Waals surface area contributed by atoms with Crippen molar-refractivity contribution >= 4 is 33.6 Å². The zero-order valence-electron chi connectivity index (χ0n) is 8.31. The molecular formula is C9H18BrNOS. The summed E-state index contributed by atoms with van der Waals surface area (Å²) in [6, 6.07) is 0.341. The van der Waals surface area contributed by atoms with Crippen molar-refractivity contribution in [2.45, 2.75) is 32.2 Å². The molecule has 0 aliphatic heterocycles. The number of carbonyl (C=O) groups excluding carboxylic acids is 1. The SMILES string of the molecule is CCC(CCBr)NC(=O)CCSC. The van der Waals surface area contributed by atoms with Gasteiger partial charge in [-0.05, 0) is 19.1 Å². The van der Waals surface area contributed by atoms with E-state index in [4.69, 9.17) is 0 Å². The Morgan fingerprint density at radius 2 is 2.31 bits per heavy atom. The maximum Gasteiger partial charge on any atom is 0.221 e. The lowest BCUT2D eigenvalue weighted by atomic mass is 10.2. The van der Waals surface area contributed by atoms with E-state index in [1.54, 1.807) is 11.8 Å². The summed E-state index contributed by atoms with van der Waals surface area (Å²) in [5.41, 5.74) is 0. The van der Waals surface area contributed by atoms with E-state index in [-0.39, 0.29) is 5.91 Å². The molecule has 0 spiro atoms. The van der Waals surface area contributed by atoms with Gasteiger partial charge in [-0.2, -0.15) is 11.8 Å². The Bertz CT molecular complexity index is 144. The molecule has 0 rings (SSSR count). The number of rotatable bonds is 7. The van der Waals surface area contributed by atoms with Gasteiger partial charge in [-0.3, -0.25) is 4.79 Å². The lowest BCUT2D eigenvalue weighted by Gasteiger charge is -2.15. The maximum absolute atomic E-state index is 11.3. The molecular weight excluding hydrogens is 250 g/mol. The van der Waals surface area contributed by atoms with Crippen molar-refractivity contribution in [2.24, 2.45) is 0 Å². The van der Waals surface area contributed by atoms with Gasteiger partial charge in [0.25, 0.3) is 0 Å². The van der Waals surface area contributed by atoms with Crippen molar-refractivity contribution < 1.29 is 4.79 Å². The fourth-order valence-corrected chi connectivity index (χ4v) is 1.95. The average molecular weight is 268 g/mol. The van der Waals surface area contributed by atoms with E-state index in [2.05, 4.69) is 28.2 Å². The Labute approximate surface area is 93.4 Å². The van der Waals surface area contributed by atoms with Gasteiger partial charge in [-0.15, -0.1) is 0 Å². The van der Waals surface area contributed by atoms with Gasteiger partial charge in [0.1, 0.15) is 0 Å². The lowest BCUT2D eigenvalue weighted by molar-refractivity contribution is -0.121. The van der Waals surface area contributed by atoms with Gasteiger partial charge in [-0.1, -0.05) is 22.9 Å². The first-order chi connectivity index (χ1) is 6.24. The Balaban J connectivity index is 3.60. The van der Waals surface area contributed by atoms with Crippen LogP contribution in [0.15, 0.2) is 0 Å². The van der Waals surface area contributed by atoms with Crippen LogP contribution in [-0.4, -0.2) is 29.3 Å². The van der Waals surface area contributed by atoms with E-state index < -0.39 is 0 Å². The van der Waals surface area contributed by atoms with Crippen LogP contribution in [0.5, 0.6) is 0 Å². The minimum Gasteiger partial charge on any atom is -0.353 e. The number of carbonyl (C=O) groups is 1. The molecule has 1 amide bonds. The molecule has 0 fully saturated rings. The Kier molecular flexibility index (Phi) is 9.08. The van der Waals surface area contributed by atoms with Crippen LogP contribution in [0.25, 0.3) is 0 Å². The van der Waals surface area contributed by atoms with Crippen LogP contribution >= 0.6 is 27.7 Å². The number of alkyl halides is 1. The Morgan fingerprint density at radius 1 is 1.62 bits per heavy atom. The third-order valence-corrected chi connectivity index (χ3v) is 2.92. The summed E-state index contributed by atoms with van der Waals surface area (Å²) >= 11 is 5.09. The van der Waals surface area contributed by atoms with Crippen LogP contribution in [0.3, 0.4) is 0 Å². The third kappa shape index (κ3) is 7.38. The second kappa shape index (κ2) is 8.88. The maximum atomic E-state index is 11.3. The van der Waals surface area contributed by atoms with Gasteiger partial charge in [0.2, 0.25) is 5.91 Å². The summed E-state index contributed by atoms with van der Waals surface area (Å²) in [5, 5.41) is 3.97. The minimum absolute atomic E-state index is 0.183. The number of halogens is 1. The zero-order chi connectivity index (χ0) is 10.1. The molecule has 0 aromatic heterocycles. The fraction of sp³-hybridized carbons (Fsp3) is 0.889. The lowest BCUT2D eigenvalue weighted by Crippen LogP contribution is -2.34. The van der Waals surface area contributed by atoms with Gasteiger partial charge in [0.05, 0.1) is 0 Å². The summed E-state index contributed by atoms with van der Waals surface area (Å²) in [6.45, 7) is 2.10. The average Bonchev–Trinajstić information content (AvgIpc) is 2.14. The number of hydrogen-bond acceptors (Lipinski definition) is 2. The largest absolute Gasteiger partial charge is 0.353 e. The van der Waals surface area contributed by atoms with Crippen molar-refractivity contribution in [1.29, 1.82) is 0 Å². The summed E-state index contributed by atoms with van der Waals surface area (Å²) in [5.74, 6) is 1.10. The molecule has 0 heterocycles. The van der Waals surface area contributed by atoms with Crippen LogP contribution in [0.1, 0.15) is 26.2 Å². The number of nitrogens with one attached hydrogen (secondary N) is 1. The van der Waals surface area contributed by atoms with Gasteiger partial charge in [0.15, 0.2) is 0 Å². The monoisotopic (exact) mass is 267 g/mol. The van der Waals surface area contributed by atoms with Crippen LogP contribution in [-0.2, 0) is 4.79 Å². The molecule has 0 aliphatic rings. The summed E-state index contributed by atoms with van der Waals surface area (Å²) in [4.78, 5) is 11.3. The zero-order valence-corrected chi connectivity index (χ0v) is 10.7. The van der Waals surface area contributed by atoms with Crippen LogP contribution < -0.4 is 5.32 Å². The molecule has 13 heavy (non-hydrogen) atoms. The predicted octanol–water partition coefficient (Wildman–Crippen LogP) is 2.42. The molecule has 78 valence electrons. The first kappa shape index (κ1) is 13.3. The second-order valence-electron chi connectivity index (χ2n) is 2.89. The standard InChI is InChI=1S/C9H18BrNOS/c1-3-8(4-6-10)11-9(12)5-7-13-2/h8H,3-7H2,1-2H3,(H,11,12). The molecule has 0 radical (unpaired) electrons. The second-order valence-corrected chi connectivity index (χ2v) is 4.67. The number of thioether (sulfide) groups is 1. The van der Waals surface area contributed by atoms with Crippen LogP contribution in [0.4, 0.5) is 0 Å². The van der Waals surface area contributed by atoms with E-state index in [1.165, 1.54) is 0 Å². The molecule has 4 heteroatoms. The first-order valence-electron chi connectivity index (χ1n) is 4.58. The molecule has 0 aromatic carbocycles. The van der Waals surface area contributed by atoms with Gasteiger partial charge in [-0.25, -0.2) is 0 Å². The Hall–Kier alpha value is 0.300. The predicted molar refractivity (Wildman–Crippen MR) is 63.6 cm³/mol. The third-order valence-electron chi connectivity index (χ3n) is 1.85. The van der Waals surface area contributed by atoms with Crippen LogP contribution in [0, 0.1) is 0 Å². The molecule has 1 atom stereocenters. The molecule has 0 aromatic rings. The van der Waals surface area contributed by atoms with E-state index >= 15 is 0 Å². The topological polar surface area (TPSA) is 29.1 Å². The number of hydrogen-bond donors (Lipinski definition) is 1. The van der Waals surface area contributed by atoms with Crippen molar-refractivity contribution in [2.75, 3.05) is 17.3 Å². The molecule has 1 N–H and O–H groups in total. The van der Waals surface area contributed by atoms with E-state index in [1.807, 2.05) is 6.26 Å². The van der Waals surface area contributed by atoms with Crippen molar-refractivity contribution in [3.05, 3.63) is 0 Å². The van der Waals surface area contributed by atoms with Crippen LogP contribution in [0.2, 0.25) is 0 Å². The molecule has 0 saturated carbocycles. The van der Waals surface area contributed by atoms with E-state index in [0.717, 1.165) is 23.9 Å². The Morgan fingerprint density at radius 3 is 2.77 bits per heavy atom. The smallest absolute Gasteiger partial charge is 0.221 e. The fourth-order valence-electron chi connectivity index (χ4n) is 1.00. The van der Waals surface area contributed by atoms with E-state index in [9.17, 15) is 4.79 Å². The highest BCUT2D eigenvalue weighted by Gasteiger charge is 2.08. The summed E-state index contributed by atoms with van der Waals surface area (Å²) < 4.78 is 0. The number of amides is 1. The van der Waals surface area contributed by atoms with Gasteiger partial charge in [0, 0.05) is 23.5 Å². The molecule has 1 unspecified atom stereocenters. The highest BCUT2D eigenvalue weighted by molar-refractivity contribution is 9.09. The van der Waals surface area contributed by atoms with Gasteiger partial charge < -0.3 is 5.32 Å². The molecule has 0 saturated heterocycles.